The zero-order chi connectivity index (χ0) is 12.9. The lowest BCUT2D eigenvalue weighted by molar-refractivity contribution is 0.117. The second-order valence-electron chi connectivity index (χ2n) is 4.93. The number of nitrogens with zero attached hydrogens (tertiary/aromatic N) is 1. The molecule has 3 rings (SSSR count). The minimum absolute atomic E-state index is 0.212. The lowest BCUT2D eigenvalue weighted by atomic mass is 10.1. The molecule has 0 radical (unpaired) electrons. The highest BCUT2D eigenvalue weighted by Gasteiger charge is 2.59. The zero-order valence-corrected chi connectivity index (χ0v) is 10.8. The Kier molecular flexibility index (Phi) is 2.71. The molecule has 2 heterocycles. The van der Waals surface area contributed by atoms with Crippen LogP contribution in [0.25, 0.3) is 0 Å². The van der Waals surface area contributed by atoms with Crippen molar-refractivity contribution in [1.82, 2.24) is 4.90 Å². The average Bonchev–Trinajstić information content (AvgIpc) is 2.76. The molecule has 1 aliphatic carbocycles. The monoisotopic (exact) mass is 269 g/mol. The van der Waals surface area contributed by atoms with E-state index in [2.05, 4.69) is 0 Å². The van der Waals surface area contributed by atoms with E-state index >= 15 is 0 Å². The van der Waals surface area contributed by atoms with Gasteiger partial charge in [-0.2, -0.15) is 0 Å². The largest absolute Gasteiger partial charge is 0.496 e. The van der Waals surface area contributed by atoms with Gasteiger partial charge in [0.1, 0.15) is 5.75 Å². The predicted octanol–water partition coefficient (Wildman–Crippen LogP) is 1.65. The van der Waals surface area contributed by atoms with E-state index < -0.39 is 12.2 Å². The van der Waals surface area contributed by atoms with Crippen LogP contribution in [0.3, 0.4) is 0 Å². The van der Waals surface area contributed by atoms with Gasteiger partial charge < -0.3 is 19.8 Å². The van der Waals surface area contributed by atoms with E-state index in [-0.39, 0.29) is 5.92 Å². The highest BCUT2D eigenvalue weighted by atomic mass is 32.1. The molecule has 2 unspecified atom stereocenters. The fourth-order valence-corrected chi connectivity index (χ4v) is 3.88. The van der Waals surface area contributed by atoms with Gasteiger partial charge >= 0.3 is 6.09 Å². The quantitative estimate of drug-likeness (QED) is 0.875. The minimum Gasteiger partial charge on any atom is -0.496 e. The number of ether oxygens (including phenoxy) is 1. The topological polar surface area (TPSA) is 70.0 Å². The summed E-state index contributed by atoms with van der Waals surface area (Å²) in [5, 5.41) is 21.0. The first-order chi connectivity index (χ1) is 8.61. The third-order valence-electron chi connectivity index (χ3n) is 4.02. The third-order valence-corrected chi connectivity index (χ3v) is 5.00. The number of hydrogen-bond donors (Lipinski definition) is 2. The van der Waals surface area contributed by atoms with Crippen LogP contribution in [0.1, 0.15) is 11.0 Å². The molecule has 18 heavy (non-hydrogen) atoms. The zero-order valence-electron chi connectivity index (χ0n) is 9.94. The molecule has 0 spiro atoms. The lowest BCUT2D eigenvalue weighted by Gasteiger charge is -2.18. The summed E-state index contributed by atoms with van der Waals surface area (Å²) in [6.45, 7) is 1.12. The summed E-state index contributed by atoms with van der Waals surface area (Å²) >= 11 is 1.49. The number of hydrogen-bond acceptors (Lipinski definition) is 4. The minimum atomic E-state index is -0.853. The van der Waals surface area contributed by atoms with Crippen molar-refractivity contribution in [2.75, 3.05) is 20.2 Å². The molecule has 1 amide bonds. The van der Waals surface area contributed by atoms with Crippen LogP contribution in [-0.2, 0) is 0 Å². The molecule has 1 aromatic heterocycles. The van der Waals surface area contributed by atoms with Gasteiger partial charge in [-0.25, -0.2) is 4.79 Å². The van der Waals surface area contributed by atoms with Crippen molar-refractivity contribution in [2.24, 2.45) is 17.8 Å². The van der Waals surface area contributed by atoms with E-state index in [1.165, 1.54) is 16.2 Å². The SMILES string of the molecule is COc1csc(C(O)C2[C@H]3CN(C(=O)O)C[C@@H]23)c1. The van der Waals surface area contributed by atoms with Crippen LogP contribution in [0.4, 0.5) is 4.79 Å². The van der Waals surface area contributed by atoms with Crippen LogP contribution in [0, 0.1) is 17.8 Å². The predicted molar refractivity (Wildman–Crippen MR) is 65.9 cm³/mol. The molecule has 4 atom stereocenters. The summed E-state index contributed by atoms with van der Waals surface area (Å²) in [5.41, 5.74) is 0. The molecule has 2 fully saturated rings. The van der Waals surface area contributed by atoms with Crippen molar-refractivity contribution >= 4 is 17.4 Å². The number of aliphatic hydroxyl groups is 1. The van der Waals surface area contributed by atoms with Gasteiger partial charge in [-0.05, 0) is 23.8 Å². The second kappa shape index (κ2) is 4.13. The smallest absolute Gasteiger partial charge is 0.407 e. The Morgan fingerprint density at radius 1 is 1.56 bits per heavy atom. The number of carbonyl (C=O) groups is 1. The van der Waals surface area contributed by atoms with Gasteiger partial charge in [0.2, 0.25) is 0 Å². The normalized spacial score (nSPS) is 31.0. The number of aliphatic hydroxyl groups excluding tert-OH is 1. The van der Waals surface area contributed by atoms with E-state index in [4.69, 9.17) is 9.84 Å². The third kappa shape index (κ3) is 1.76. The number of likely N-dealkylation sites (tertiary alicyclic amines) is 1. The summed E-state index contributed by atoms with van der Waals surface area (Å²) < 4.78 is 5.10. The summed E-state index contributed by atoms with van der Waals surface area (Å²) in [7, 11) is 1.61. The van der Waals surface area contributed by atoms with E-state index in [1.807, 2.05) is 11.4 Å². The Hall–Kier alpha value is -1.27. The number of methoxy groups -OCH3 is 1. The van der Waals surface area contributed by atoms with Gasteiger partial charge in [0, 0.05) is 23.3 Å². The molecule has 1 aromatic rings. The fraction of sp³-hybridized carbons (Fsp3) is 0.583. The fourth-order valence-electron chi connectivity index (χ4n) is 2.98. The summed E-state index contributed by atoms with van der Waals surface area (Å²) in [6, 6.07) is 1.86. The molecule has 6 heteroatoms. The van der Waals surface area contributed by atoms with Gasteiger partial charge in [-0.1, -0.05) is 0 Å². The Balaban J connectivity index is 1.64. The van der Waals surface area contributed by atoms with Crippen molar-refractivity contribution in [2.45, 2.75) is 6.10 Å². The maximum atomic E-state index is 10.8. The summed E-state index contributed by atoms with van der Waals surface area (Å²) in [6.07, 6.45) is -1.34. The van der Waals surface area contributed by atoms with Crippen molar-refractivity contribution < 1.29 is 19.7 Å². The van der Waals surface area contributed by atoms with E-state index in [0.29, 0.717) is 24.9 Å². The van der Waals surface area contributed by atoms with E-state index in [1.54, 1.807) is 7.11 Å². The highest BCUT2D eigenvalue weighted by Crippen LogP contribution is 2.58. The molecular weight excluding hydrogens is 254 g/mol. The maximum absolute atomic E-state index is 10.8. The molecule has 5 nitrogen and oxygen atoms in total. The Bertz CT molecular complexity index is 462. The van der Waals surface area contributed by atoms with Crippen LogP contribution in [0.2, 0.25) is 0 Å². The van der Waals surface area contributed by atoms with Crippen molar-refractivity contribution in [1.29, 1.82) is 0 Å². The van der Waals surface area contributed by atoms with Crippen molar-refractivity contribution in [3.05, 3.63) is 16.3 Å². The molecule has 0 bridgehead atoms. The molecule has 0 aromatic carbocycles. The first-order valence-corrected chi connectivity index (χ1v) is 6.78. The first kappa shape index (κ1) is 11.8. The number of carboxylic acid groups (broad SMARTS) is 1. The maximum Gasteiger partial charge on any atom is 0.407 e. The number of piperidine rings is 1. The number of amides is 1. The van der Waals surface area contributed by atoms with Crippen molar-refractivity contribution in [3.8, 4) is 5.75 Å². The molecule has 1 aliphatic heterocycles. The lowest BCUT2D eigenvalue weighted by Crippen LogP contribution is -2.30. The molecule has 98 valence electrons. The summed E-state index contributed by atoms with van der Waals surface area (Å²) in [5.74, 6) is 1.63. The Morgan fingerprint density at radius 3 is 2.72 bits per heavy atom. The van der Waals surface area contributed by atoms with E-state index in [9.17, 15) is 9.90 Å². The molecule has 2 aliphatic rings. The van der Waals surface area contributed by atoms with Crippen LogP contribution in [0.5, 0.6) is 5.75 Å². The van der Waals surface area contributed by atoms with Gasteiger partial charge in [0.25, 0.3) is 0 Å². The van der Waals surface area contributed by atoms with E-state index in [0.717, 1.165) is 10.6 Å². The second-order valence-corrected chi connectivity index (χ2v) is 5.87. The first-order valence-electron chi connectivity index (χ1n) is 5.90. The van der Waals surface area contributed by atoms with Crippen LogP contribution in [-0.4, -0.2) is 41.4 Å². The Labute approximate surface area is 109 Å². The van der Waals surface area contributed by atoms with Crippen LogP contribution >= 0.6 is 11.3 Å². The highest BCUT2D eigenvalue weighted by molar-refractivity contribution is 7.10. The van der Waals surface area contributed by atoms with Gasteiger partial charge in [-0.3, -0.25) is 0 Å². The molecular formula is C12H15NO4S. The molecule has 1 saturated carbocycles. The number of thiophene rings is 1. The Morgan fingerprint density at radius 2 is 2.22 bits per heavy atom. The van der Waals surface area contributed by atoms with Gasteiger partial charge in [-0.15, -0.1) is 11.3 Å². The number of rotatable bonds is 3. The summed E-state index contributed by atoms with van der Waals surface area (Å²) in [4.78, 5) is 13.2. The number of fused-ring (bicyclic) bond motifs is 1. The van der Waals surface area contributed by atoms with Gasteiger partial charge in [0.15, 0.2) is 0 Å². The van der Waals surface area contributed by atoms with Crippen LogP contribution < -0.4 is 4.74 Å². The van der Waals surface area contributed by atoms with Crippen LogP contribution in [0.15, 0.2) is 11.4 Å². The van der Waals surface area contributed by atoms with Gasteiger partial charge in [0.05, 0.1) is 13.2 Å². The van der Waals surface area contributed by atoms with Crippen molar-refractivity contribution in [3.63, 3.8) is 0 Å². The average molecular weight is 269 g/mol. The molecule has 2 N–H and O–H groups in total. The standard InChI is InChI=1S/C12H15NO4S/c1-17-6-2-9(18-5-6)11(14)10-7-3-13(12(15)16)4-8(7)10/h2,5,7-8,10-11,14H,3-4H2,1H3,(H,15,16)/t7-,8+,10?,11?. The molecule has 1 saturated heterocycles.